The fraction of sp³-hybridized carbons (Fsp3) is 0.600. The van der Waals surface area contributed by atoms with Gasteiger partial charge in [-0.15, -0.1) is 0 Å². The molecule has 0 aromatic heterocycles. The summed E-state index contributed by atoms with van der Waals surface area (Å²) in [5.74, 6) is 0. The third-order valence-electron chi connectivity index (χ3n) is 3.92. The lowest BCUT2D eigenvalue weighted by Crippen LogP contribution is -2.22. The average Bonchev–Trinajstić information content (AvgIpc) is 2.97. The highest BCUT2D eigenvalue weighted by Gasteiger charge is 2.43. The molecule has 0 heterocycles. The van der Waals surface area contributed by atoms with Crippen LogP contribution < -0.4 is 5.73 Å². The van der Waals surface area contributed by atoms with Crippen molar-refractivity contribution < 1.29 is 0 Å². The maximum Gasteiger partial charge on any atom is 0.00789 e. The van der Waals surface area contributed by atoms with E-state index in [9.17, 15) is 0 Å². The molecule has 0 amide bonds. The van der Waals surface area contributed by atoms with E-state index in [2.05, 4.69) is 45.9 Å². The highest BCUT2D eigenvalue weighted by Crippen LogP contribution is 2.49. The molecule has 1 aliphatic rings. The summed E-state index contributed by atoms with van der Waals surface area (Å²) in [7, 11) is 0. The first-order valence-corrected chi connectivity index (χ1v) is 6.21. The van der Waals surface area contributed by atoms with Crippen LogP contribution in [0.5, 0.6) is 0 Å². The Balaban J connectivity index is 2.46. The van der Waals surface area contributed by atoms with Gasteiger partial charge in [-0.2, -0.15) is 0 Å². The van der Waals surface area contributed by atoms with Gasteiger partial charge < -0.3 is 5.73 Å². The van der Waals surface area contributed by atoms with Gasteiger partial charge in [0.25, 0.3) is 0 Å². The van der Waals surface area contributed by atoms with Crippen LogP contribution >= 0.6 is 0 Å². The minimum absolute atomic E-state index is 0.229. The van der Waals surface area contributed by atoms with Gasteiger partial charge in [0.2, 0.25) is 0 Å². The van der Waals surface area contributed by atoms with E-state index >= 15 is 0 Å². The summed E-state index contributed by atoms with van der Waals surface area (Å²) in [5, 5.41) is 0. The van der Waals surface area contributed by atoms with E-state index in [0.29, 0.717) is 5.41 Å². The third kappa shape index (κ3) is 1.89. The van der Waals surface area contributed by atoms with Crippen LogP contribution in [0.3, 0.4) is 0 Å². The summed E-state index contributed by atoms with van der Waals surface area (Å²) in [4.78, 5) is 0. The van der Waals surface area contributed by atoms with Gasteiger partial charge in [-0.3, -0.25) is 0 Å². The van der Waals surface area contributed by atoms with Crippen LogP contribution in [-0.2, 0) is 10.8 Å². The molecule has 1 heteroatoms. The Labute approximate surface area is 99.0 Å². The minimum atomic E-state index is 0.229. The monoisotopic (exact) mass is 217 g/mol. The van der Waals surface area contributed by atoms with Crippen molar-refractivity contribution >= 4 is 0 Å². The Morgan fingerprint density at radius 1 is 1.25 bits per heavy atom. The van der Waals surface area contributed by atoms with Gasteiger partial charge in [-0.05, 0) is 41.9 Å². The van der Waals surface area contributed by atoms with E-state index in [0.717, 1.165) is 6.54 Å². The van der Waals surface area contributed by atoms with Crippen molar-refractivity contribution in [3.05, 3.63) is 34.9 Å². The molecule has 1 saturated carbocycles. The average molecular weight is 217 g/mol. The van der Waals surface area contributed by atoms with Gasteiger partial charge in [-0.25, -0.2) is 0 Å². The van der Waals surface area contributed by atoms with Crippen molar-refractivity contribution in [1.29, 1.82) is 0 Å². The van der Waals surface area contributed by atoms with Crippen molar-refractivity contribution in [3.63, 3.8) is 0 Å². The molecule has 0 bridgehead atoms. The van der Waals surface area contributed by atoms with Gasteiger partial charge in [-0.1, -0.05) is 39.0 Å². The van der Waals surface area contributed by atoms with Gasteiger partial charge >= 0.3 is 0 Å². The molecule has 0 unspecified atom stereocenters. The van der Waals surface area contributed by atoms with Crippen LogP contribution in [0.15, 0.2) is 18.2 Å². The highest BCUT2D eigenvalue weighted by atomic mass is 14.7. The van der Waals surface area contributed by atoms with Gasteiger partial charge in [0, 0.05) is 12.0 Å². The van der Waals surface area contributed by atoms with Crippen molar-refractivity contribution in [2.75, 3.05) is 6.54 Å². The van der Waals surface area contributed by atoms with Crippen molar-refractivity contribution in [3.8, 4) is 0 Å². The molecule has 2 rings (SSSR count). The minimum Gasteiger partial charge on any atom is -0.330 e. The number of aryl methyl sites for hydroxylation is 1. The first kappa shape index (κ1) is 11.7. The second-order valence-electron chi connectivity index (χ2n) is 6.26. The molecular formula is C15H23N. The molecular weight excluding hydrogens is 194 g/mol. The van der Waals surface area contributed by atoms with Crippen LogP contribution in [0.2, 0.25) is 0 Å². The van der Waals surface area contributed by atoms with E-state index < -0.39 is 0 Å². The van der Waals surface area contributed by atoms with Crippen LogP contribution in [0.4, 0.5) is 0 Å². The topological polar surface area (TPSA) is 26.0 Å². The molecule has 1 aromatic rings. The number of benzene rings is 1. The van der Waals surface area contributed by atoms with E-state index in [1.165, 1.54) is 29.5 Å². The molecule has 0 atom stereocenters. The molecule has 0 saturated heterocycles. The second kappa shape index (κ2) is 3.59. The predicted molar refractivity (Wildman–Crippen MR) is 69.8 cm³/mol. The fourth-order valence-electron chi connectivity index (χ4n) is 2.39. The highest BCUT2D eigenvalue weighted by molar-refractivity contribution is 5.42. The Morgan fingerprint density at radius 3 is 2.31 bits per heavy atom. The summed E-state index contributed by atoms with van der Waals surface area (Å²) in [5.41, 5.74) is 10.8. The smallest absolute Gasteiger partial charge is 0.00789 e. The standard InChI is InChI=1S/C15H23N/c1-11-5-6-12(14(2,3)4)9-13(11)15(10-16)7-8-15/h5-6,9H,7-8,10,16H2,1-4H3. The van der Waals surface area contributed by atoms with Gasteiger partial charge in [0.1, 0.15) is 0 Å². The summed E-state index contributed by atoms with van der Waals surface area (Å²) in [6, 6.07) is 6.90. The van der Waals surface area contributed by atoms with Crippen molar-refractivity contribution in [2.24, 2.45) is 5.73 Å². The molecule has 1 fully saturated rings. The Hall–Kier alpha value is -0.820. The molecule has 1 aromatic carbocycles. The molecule has 16 heavy (non-hydrogen) atoms. The zero-order chi connectivity index (χ0) is 12.0. The number of hydrogen-bond donors (Lipinski definition) is 1. The quantitative estimate of drug-likeness (QED) is 0.808. The largest absolute Gasteiger partial charge is 0.330 e. The Bertz CT molecular complexity index is 394. The van der Waals surface area contributed by atoms with E-state index in [1.54, 1.807) is 0 Å². The van der Waals surface area contributed by atoms with Gasteiger partial charge in [0.05, 0.1) is 0 Å². The molecule has 0 aliphatic heterocycles. The molecule has 0 radical (unpaired) electrons. The number of nitrogens with two attached hydrogens (primary N) is 1. The van der Waals surface area contributed by atoms with Gasteiger partial charge in [0.15, 0.2) is 0 Å². The molecule has 0 spiro atoms. The van der Waals surface area contributed by atoms with Crippen LogP contribution in [-0.4, -0.2) is 6.54 Å². The van der Waals surface area contributed by atoms with Crippen molar-refractivity contribution in [2.45, 2.75) is 51.4 Å². The van der Waals surface area contributed by atoms with Crippen LogP contribution in [0.25, 0.3) is 0 Å². The second-order valence-corrected chi connectivity index (χ2v) is 6.26. The summed E-state index contributed by atoms with van der Waals surface area (Å²) < 4.78 is 0. The van der Waals surface area contributed by atoms with Crippen LogP contribution in [0.1, 0.15) is 50.3 Å². The van der Waals surface area contributed by atoms with E-state index in [-0.39, 0.29) is 5.41 Å². The maximum atomic E-state index is 5.93. The lowest BCUT2D eigenvalue weighted by molar-refractivity contribution is 0.586. The first-order chi connectivity index (χ1) is 7.39. The first-order valence-electron chi connectivity index (χ1n) is 6.21. The molecule has 88 valence electrons. The molecule has 1 aliphatic carbocycles. The summed E-state index contributed by atoms with van der Waals surface area (Å²) in [6.45, 7) is 9.80. The number of rotatable bonds is 2. The summed E-state index contributed by atoms with van der Waals surface area (Å²) in [6.07, 6.45) is 2.52. The Kier molecular flexibility index (Phi) is 2.62. The fourth-order valence-corrected chi connectivity index (χ4v) is 2.39. The number of hydrogen-bond acceptors (Lipinski definition) is 1. The molecule has 1 nitrogen and oxygen atoms in total. The lowest BCUT2D eigenvalue weighted by atomic mass is 9.82. The third-order valence-corrected chi connectivity index (χ3v) is 3.92. The zero-order valence-corrected chi connectivity index (χ0v) is 10.9. The normalized spacial score (nSPS) is 18.6. The van der Waals surface area contributed by atoms with Crippen molar-refractivity contribution in [1.82, 2.24) is 0 Å². The maximum absolute atomic E-state index is 5.93. The predicted octanol–water partition coefficient (Wildman–Crippen LogP) is 3.28. The SMILES string of the molecule is Cc1ccc(C(C)(C)C)cc1C1(CN)CC1. The summed E-state index contributed by atoms with van der Waals surface area (Å²) >= 11 is 0. The van der Waals surface area contributed by atoms with Crippen LogP contribution in [0, 0.1) is 6.92 Å². The lowest BCUT2D eigenvalue weighted by Gasteiger charge is -2.23. The van der Waals surface area contributed by atoms with E-state index in [1.807, 2.05) is 0 Å². The zero-order valence-electron chi connectivity index (χ0n) is 10.9. The molecule has 2 N–H and O–H groups in total. The Morgan fingerprint density at radius 2 is 1.88 bits per heavy atom. The van der Waals surface area contributed by atoms with E-state index in [4.69, 9.17) is 5.73 Å².